The van der Waals surface area contributed by atoms with Crippen molar-refractivity contribution in [2.75, 3.05) is 31.5 Å². The summed E-state index contributed by atoms with van der Waals surface area (Å²) < 4.78 is 0. The van der Waals surface area contributed by atoms with Crippen LogP contribution in [-0.2, 0) is 4.79 Å². The van der Waals surface area contributed by atoms with Crippen LogP contribution in [0.3, 0.4) is 0 Å². The molecule has 108 valence electrons. The highest BCUT2D eigenvalue weighted by molar-refractivity contribution is 7.13. The van der Waals surface area contributed by atoms with E-state index in [2.05, 4.69) is 15.2 Å². The van der Waals surface area contributed by atoms with Gasteiger partial charge in [-0.15, -0.1) is 23.7 Å². The van der Waals surface area contributed by atoms with Gasteiger partial charge in [-0.05, 0) is 45.3 Å². The second-order valence-electron chi connectivity index (χ2n) is 4.80. The minimum atomic E-state index is 0. The molecule has 7 heteroatoms. The van der Waals surface area contributed by atoms with Gasteiger partial charge in [0.25, 0.3) is 0 Å². The molecule has 1 aliphatic heterocycles. The van der Waals surface area contributed by atoms with E-state index in [1.807, 2.05) is 12.3 Å². The molecule has 1 aromatic rings. The summed E-state index contributed by atoms with van der Waals surface area (Å²) in [5.41, 5.74) is 6.59. The number of nitrogens with two attached hydrogens (primary N) is 1. The van der Waals surface area contributed by atoms with E-state index in [1.54, 1.807) is 0 Å². The highest BCUT2D eigenvalue weighted by Crippen LogP contribution is 2.17. The van der Waals surface area contributed by atoms with E-state index < -0.39 is 0 Å². The number of thiazole rings is 1. The van der Waals surface area contributed by atoms with Gasteiger partial charge in [-0.25, -0.2) is 4.98 Å². The Balaban J connectivity index is 0.00000180. The Morgan fingerprint density at radius 3 is 2.79 bits per heavy atom. The maximum Gasteiger partial charge on any atom is 0.240 e. The Bertz CT molecular complexity index is 404. The number of nitrogens with one attached hydrogen (secondary N) is 1. The Morgan fingerprint density at radius 1 is 1.58 bits per heavy atom. The Kier molecular flexibility index (Phi) is 6.71. The number of piperidine rings is 1. The van der Waals surface area contributed by atoms with Gasteiger partial charge in [0.05, 0.1) is 12.2 Å². The molecule has 1 aliphatic rings. The molecule has 0 aromatic carbocycles. The first kappa shape index (κ1) is 16.4. The van der Waals surface area contributed by atoms with Crippen LogP contribution < -0.4 is 11.1 Å². The van der Waals surface area contributed by atoms with Gasteiger partial charge in [0.15, 0.2) is 5.13 Å². The van der Waals surface area contributed by atoms with Crippen LogP contribution >= 0.6 is 23.7 Å². The lowest BCUT2D eigenvalue weighted by molar-refractivity contribution is -0.117. The van der Waals surface area contributed by atoms with Crippen LogP contribution in [-0.4, -0.2) is 42.0 Å². The first-order chi connectivity index (χ1) is 8.67. The summed E-state index contributed by atoms with van der Waals surface area (Å²) >= 11 is 1.47. The molecule has 1 amide bonds. The zero-order valence-electron chi connectivity index (χ0n) is 11.1. The third-order valence-electron chi connectivity index (χ3n) is 3.27. The Hall–Kier alpha value is -0.690. The third kappa shape index (κ3) is 5.06. The average Bonchev–Trinajstić information content (AvgIpc) is 2.75. The van der Waals surface area contributed by atoms with Gasteiger partial charge in [-0.2, -0.15) is 0 Å². The quantitative estimate of drug-likeness (QED) is 0.884. The number of aryl methyl sites for hydroxylation is 1. The summed E-state index contributed by atoms with van der Waals surface area (Å²) in [4.78, 5) is 18.2. The van der Waals surface area contributed by atoms with Crippen LogP contribution in [0.2, 0.25) is 0 Å². The summed E-state index contributed by atoms with van der Waals surface area (Å²) in [6, 6.07) is 0. The third-order valence-corrected chi connectivity index (χ3v) is 4.15. The van der Waals surface area contributed by atoms with E-state index in [-0.39, 0.29) is 18.3 Å². The van der Waals surface area contributed by atoms with Crippen molar-refractivity contribution < 1.29 is 4.79 Å². The van der Waals surface area contributed by atoms with Gasteiger partial charge in [-0.3, -0.25) is 9.69 Å². The average molecular weight is 305 g/mol. The molecule has 1 saturated heterocycles. The number of likely N-dealkylation sites (tertiary alicyclic amines) is 1. The summed E-state index contributed by atoms with van der Waals surface area (Å²) in [5.74, 6) is 0.654. The van der Waals surface area contributed by atoms with E-state index >= 15 is 0 Å². The second kappa shape index (κ2) is 7.79. The minimum Gasteiger partial charge on any atom is -0.330 e. The number of aromatic nitrogens is 1. The number of carbonyl (C=O) groups excluding carboxylic acids is 1. The SMILES string of the molecule is Cc1csc(NC(=O)CN2CCC(CN)CC2)n1.Cl. The fourth-order valence-corrected chi connectivity index (χ4v) is 2.86. The zero-order valence-corrected chi connectivity index (χ0v) is 12.7. The zero-order chi connectivity index (χ0) is 13.0. The summed E-state index contributed by atoms with van der Waals surface area (Å²) in [6.45, 7) is 5.07. The van der Waals surface area contributed by atoms with Crippen molar-refractivity contribution in [3.63, 3.8) is 0 Å². The second-order valence-corrected chi connectivity index (χ2v) is 5.66. The number of anilines is 1. The predicted octanol–water partition coefficient (Wildman–Crippen LogP) is 1.48. The number of halogens is 1. The molecular formula is C12H21ClN4OS. The van der Waals surface area contributed by atoms with Gasteiger partial charge in [0, 0.05) is 5.38 Å². The molecule has 0 spiro atoms. The summed E-state index contributed by atoms with van der Waals surface area (Å²) in [5, 5.41) is 5.46. The van der Waals surface area contributed by atoms with Crippen LogP contribution in [0.4, 0.5) is 5.13 Å². The first-order valence-corrected chi connectivity index (χ1v) is 7.19. The maximum atomic E-state index is 11.8. The molecule has 5 nitrogen and oxygen atoms in total. The topological polar surface area (TPSA) is 71.2 Å². The number of carbonyl (C=O) groups is 1. The molecule has 19 heavy (non-hydrogen) atoms. The Labute approximate surface area is 124 Å². The van der Waals surface area contributed by atoms with Crippen molar-refractivity contribution in [3.05, 3.63) is 11.1 Å². The highest BCUT2D eigenvalue weighted by atomic mass is 35.5. The molecule has 0 atom stereocenters. The molecule has 0 saturated carbocycles. The van der Waals surface area contributed by atoms with Gasteiger partial charge in [-0.1, -0.05) is 0 Å². The minimum absolute atomic E-state index is 0. The van der Waals surface area contributed by atoms with E-state index in [1.165, 1.54) is 11.3 Å². The van der Waals surface area contributed by atoms with E-state index in [0.717, 1.165) is 38.2 Å². The molecule has 0 unspecified atom stereocenters. The van der Waals surface area contributed by atoms with Crippen molar-refractivity contribution in [2.45, 2.75) is 19.8 Å². The fraction of sp³-hybridized carbons (Fsp3) is 0.667. The molecule has 0 radical (unpaired) electrons. The van der Waals surface area contributed by atoms with Crippen LogP contribution in [0.5, 0.6) is 0 Å². The van der Waals surface area contributed by atoms with Crippen molar-refractivity contribution in [1.82, 2.24) is 9.88 Å². The lowest BCUT2D eigenvalue weighted by Crippen LogP contribution is -2.40. The maximum absolute atomic E-state index is 11.8. The van der Waals surface area contributed by atoms with Crippen LogP contribution in [0.25, 0.3) is 0 Å². The number of amides is 1. The molecule has 1 aromatic heterocycles. The lowest BCUT2D eigenvalue weighted by atomic mass is 9.97. The van der Waals surface area contributed by atoms with Crippen molar-refractivity contribution >= 4 is 34.8 Å². The number of rotatable bonds is 4. The molecule has 3 N–H and O–H groups in total. The first-order valence-electron chi connectivity index (χ1n) is 6.32. The molecular weight excluding hydrogens is 284 g/mol. The molecule has 0 bridgehead atoms. The summed E-state index contributed by atoms with van der Waals surface area (Å²) in [6.07, 6.45) is 2.19. The van der Waals surface area contributed by atoms with Crippen molar-refractivity contribution in [3.8, 4) is 0 Å². The van der Waals surface area contributed by atoms with Crippen LogP contribution in [0.1, 0.15) is 18.5 Å². The predicted molar refractivity (Wildman–Crippen MR) is 80.9 cm³/mol. The Morgan fingerprint density at radius 2 is 2.26 bits per heavy atom. The fourth-order valence-electron chi connectivity index (χ4n) is 2.15. The smallest absolute Gasteiger partial charge is 0.240 e. The van der Waals surface area contributed by atoms with Crippen molar-refractivity contribution in [2.24, 2.45) is 11.7 Å². The van der Waals surface area contributed by atoms with Crippen LogP contribution in [0, 0.1) is 12.8 Å². The van der Waals surface area contributed by atoms with Gasteiger partial charge < -0.3 is 11.1 Å². The van der Waals surface area contributed by atoms with Crippen molar-refractivity contribution in [1.29, 1.82) is 0 Å². The van der Waals surface area contributed by atoms with Gasteiger partial charge in [0.1, 0.15) is 0 Å². The molecule has 0 aliphatic carbocycles. The number of hydrogen-bond acceptors (Lipinski definition) is 5. The van der Waals surface area contributed by atoms with Gasteiger partial charge >= 0.3 is 0 Å². The highest BCUT2D eigenvalue weighted by Gasteiger charge is 2.19. The molecule has 2 rings (SSSR count). The van der Waals surface area contributed by atoms with Crippen LogP contribution in [0.15, 0.2) is 5.38 Å². The van der Waals surface area contributed by atoms with Gasteiger partial charge in [0.2, 0.25) is 5.91 Å². The molecule has 2 heterocycles. The van der Waals surface area contributed by atoms with E-state index in [0.29, 0.717) is 17.6 Å². The van der Waals surface area contributed by atoms with E-state index in [9.17, 15) is 4.79 Å². The number of hydrogen-bond donors (Lipinski definition) is 2. The molecule has 1 fully saturated rings. The normalized spacial score (nSPS) is 16.9. The standard InChI is InChI=1S/C12H20N4OS.ClH/c1-9-8-18-12(14-9)15-11(17)7-16-4-2-10(6-13)3-5-16;/h8,10H,2-7,13H2,1H3,(H,14,15,17);1H. The lowest BCUT2D eigenvalue weighted by Gasteiger charge is -2.30. The largest absolute Gasteiger partial charge is 0.330 e. The monoisotopic (exact) mass is 304 g/mol. The van der Waals surface area contributed by atoms with E-state index in [4.69, 9.17) is 5.73 Å². The number of nitrogens with zero attached hydrogens (tertiary/aromatic N) is 2. The summed E-state index contributed by atoms with van der Waals surface area (Å²) in [7, 11) is 0.